The van der Waals surface area contributed by atoms with Crippen LogP contribution in [-0.4, -0.2) is 19.3 Å². The van der Waals surface area contributed by atoms with Gasteiger partial charge in [-0.15, -0.1) is 0 Å². The monoisotopic (exact) mass is 257 g/mol. The van der Waals surface area contributed by atoms with Gasteiger partial charge in [-0.25, -0.2) is 0 Å². The lowest BCUT2D eigenvalue weighted by molar-refractivity contribution is 0.0744. The molecule has 0 fully saturated rings. The molecule has 0 bridgehead atoms. The maximum atomic E-state index is 5.55. The van der Waals surface area contributed by atoms with Crippen LogP contribution in [0.2, 0.25) is 0 Å². The van der Waals surface area contributed by atoms with Gasteiger partial charge in [0.15, 0.2) is 0 Å². The number of benzene rings is 2. The van der Waals surface area contributed by atoms with Gasteiger partial charge in [0.1, 0.15) is 0 Å². The standard InChI is InChI=1S/C17H23NO/c1-4-19-13(2)12-18-14(3)16-11-7-9-15-8-5-6-10-17(15)16/h5-11,13-14,18H,4,12H2,1-3H3. The van der Waals surface area contributed by atoms with Gasteiger partial charge < -0.3 is 10.1 Å². The Balaban J connectivity index is 2.11. The minimum absolute atomic E-state index is 0.252. The highest BCUT2D eigenvalue weighted by atomic mass is 16.5. The molecule has 0 aliphatic rings. The second-order valence-electron chi connectivity index (χ2n) is 4.96. The molecule has 2 rings (SSSR count). The van der Waals surface area contributed by atoms with Gasteiger partial charge in [-0.2, -0.15) is 0 Å². The van der Waals surface area contributed by atoms with E-state index in [0.717, 1.165) is 13.2 Å². The highest BCUT2D eigenvalue weighted by Crippen LogP contribution is 2.23. The molecule has 1 N–H and O–H groups in total. The van der Waals surface area contributed by atoms with E-state index >= 15 is 0 Å². The van der Waals surface area contributed by atoms with Crippen LogP contribution in [0.3, 0.4) is 0 Å². The van der Waals surface area contributed by atoms with E-state index in [1.807, 2.05) is 6.92 Å². The zero-order valence-electron chi connectivity index (χ0n) is 12.0. The van der Waals surface area contributed by atoms with Crippen LogP contribution in [0.25, 0.3) is 10.8 Å². The summed E-state index contributed by atoms with van der Waals surface area (Å²) in [5, 5.41) is 6.18. The predicted octanol–water partition coefficient (Wildman–Crippen LogP) is 3.92. The van der Waals surface area contributed by atoms with Crippen molar-refractivity contribution in [2.24, 2.45) is 0 Å². The van der Waals surface area contributed by atoms with Gasteiger partial charge in [-0.05, 0) is 37.1 Å². The Morgan fingerprint density at radius 2 is 1.79 bits per heavy atom. The fraction of sp³-hybridized carbons (Fsp3) is 0.412. The third-order valence-electron chi connectivity index (χ3n) is 3.45. The first-order valence-corrected chi connectivity index (χ1v) is 7.05. The number of nitrogens with one attached hydrogen (secondary N) is 1. The second kappa shape index (κ2) is 6.69. The van der Waals surface area contributed by atoms with E-state index in [2.05, 4.69) is 61.6 Å². The van der Waals surface area contributed by atoms with Gasteiger partial charge in [-0.3, -0.25) is 0 Å². The summed E-state index contributed by atoms with van der Waals surface area (Å²) >= 11 is 0. The van der Waals surface area contributed by atoms with Crippen LogP contribution in [0, 0.1) is 0 Å². The summed E-state index contributed by atoms with van der Waals surface area (Å²) in [5.74, 6) is 0. The molecule has 0 amide bonds. The highest BCUT2D eigenvalue weighted by Gasteiger charge is 2.10. The van der Waals surface area contributed by atoms with E-state index in [0.29, 0.717) is 6.04 Å². The molecule has 2 atom stereocenters. The van der Waals surface area contributed by atoms with Crippen molar-refractivity contribution >= 4 is 10.8 Å². The summed E-state index contributed by atoms with van der Waals surface area (Å²) in [4.78, 5) is 0. The normalized spacial score (nSPS) is 14.5. The Bertz CT molecular complexity index is 518. The molecule has 2 aromatic rings. The average Bonchev–Trinajstić information content (AvgIpc) is 2.44. The van der Waals surface area contributed by atoms with Crippen LogP contribution in [0.15, 0.2) is 42.5 Å². The van der Waals surface area contributed by atoms with Crippen LogP contribution in [0.4, 0.5) is 0 Å². The van der Waals surface area contributed by atoms with Crippen molar-refractivity contribution < 1.29 is 4.74 Å². The van der Waals surface area contributed by atoms with Gasteiger partial charge in [0.2, 0.25) is 0 Å². The van der Waals surface area contributed by atoms with Crippen molar-refractivity contribution in [1.29, 1.82) is 0 Å². The molecule has 0 aliphatic heterocycles. The first-order valence-electron chi connectivity index (χ1n) is 7.05. The van der Waals surface area contributed by atoms with Crippen LogP contribution in [0.1, 0.15) is 32.4 Å². The molecule has 2 heteroatoms. The van der Waals surface area contributed by atoms with Crippen LogP contribution >= 0.6 is 0 Å². The Labute approximate surface area is 115 Å². The summed E-state index contributed by atoms with van der Waals surface area (Å²) in [6.07, 6.45) is 0.252. The second-order valence-corrected chi connectivity index (χ2v) is 4.96. The van der Waals surface area contributed by atoms with Crippen molar-refractivity contribution in [1.82, 2.24) is 5.32 Å². The van der Waals surface area contributed by atoms with Gasteiger partial charge in [0.25, 0.3) is 0 Å². The average molecular weight is 257 g/mol. The minimum Gasteiger partial charge on any atom is -0.377 e. The molecule has 0 aromatic heterocycles. The lowest BCUT2D eigenvalue weighted by Gasteiger charge is -2.19. The van der Waals surface area contributed by atoms with Crippen molar-refractivity contribution in [3.8, 4) is 0 Å². The first-order chi connectivity index (χ1) is 9.22. The molecule has 0 saturated heterocycles. The molecule has 2 aromatic carbocycles. The molecule has 2 unspecified atom stereocenters. The molecule has 0 saturated carbocycles. The summed E-state index contributed by atoms with van der Waals surface area (Å²) < 4.78 is 5.55. The van der Waals surface area contributed by atoms with Gasteiger partial charge >= 0.3 is 0 Å². The van der Waals surface area contributed by atoms with Gasteiger partial charge in [0.05, 0.1) is 6.10 Å². The zero-order valence-corrected chi connectivity index (χ0v) is 12.0. The topological polar surface area (TPSA) is 21.3 Å². The lowest BCUT2D eigenvalue weighted by atomic mass is 9.99. The van der Waals surface area contributed by atoms with Gasteiger partial charge in [-0.1, -0.05) is 42.5 Å². The van der Waals surface area contributed by atoms with E-state index < -0.39 is 0 Å². The Hall–Kier alpha value is -1.38. The van der Waals surface area contributed by atoms with E-state index in [1.54, 1.807) is 0 Å². The third-order valence-corrected chi connectivity index (χ3v) is 3.45. The smallest absolute Gasteiger partial charge is 0.0671 e. The van der Waals surface area contributed by atoms with Crippen molar-refractivity contribution in [2.45, 2.75) is 32.9 Å². The number of hydrogen-bond acceptors (Lipinski definition) is 2. The van der Waals surface area contributed by atoms with Crippen LogP contribution < -0.4 is 5.32 Å². The maximum Gasteiger partial charge on any atom is 0.0671 e. The van der Waals surface area contributed by atoms with Crippen molar-refractivity contribution in [3.63, 3.8) is 0 Å². The number of ether oxygens (including phenoxy) is 1. The molecule has 0 aliphatic carbocycles. The fourth-order valence-corrected chi connectivity index (χ4v) is 2.42. The van der Waals surface area contributed by atoms with Gasteiger partial charge in [0, 0.05) is 19.2 Å². The molecule has 0 spiro atoms. The molecular formula is C17H23NO. The van der Waals surface area contributed by atoms with Crippen molar-refractivity contribution in [3.05, 3.63) is 48.0 Å². The zero-order chi connectivity index (χ0) is 13.7. The number of rotatable bonds is 6. The van der Waals surface area contributed by atoms with Crippen molar-refractivity contribution in [2.75, 3.05) is 13.2 Å². The summed E-state index contributed by atoms with van der Waals surface area (Å²) in [6, 6.07) is 15.3. The molecule has 0 radical (unpaired) electrons. The highest BCUT2D eigenvalue weighted by molar-refractivity contribution is 5.86. The third kappa shape index (κ3) is 3.55. The number of hydrogen-bond donors (Lipinski definition) is 1. The summed E-state index contributed by atoms with van der Waals surface area (Å²) in [6.45, 7) is 7.99. The minimum atomic E-state index is 0.252. The molecule has 19 heavy (non-hydrogen) atoms. The molecule has 0 heterocycles. The lowest BCUT2D eigenvalue weighted by Crippen LogP contribution is -2.29. The SMILES string of the molecule is CCOC(C)CNC(C)c1cccc2ccccc12. The largest absolute Gasteiger partial charge is 0.377 e. The summed E-state index contributed by atoms with van der Waals surface area (Å²) in [7, 11) is 0. The summed E-state index contributed by atoms with van der Waals surface area (Å²) in [5.41, 5.74) is 1.35. The molecular weight excluding hydrogens is 234 g/mol. The molecule has 2 nitrogen and oxygen atoms in total. The molecule has 102 valence electrons. The van der Waals surface area contributed by atoms with E-state index in [1.165, 1.54) is 16.3 Å². The number of fused-ring (bicyclic) bond motifs is 1. The Kier molecular flexibility index (Phi) is 4.94. The van der Waals surface area contributed by atoms with E-state index in [4.69, 9.17) is 4.74 Å². The Morgan fingerprint density at radius 3 is 2.58 bits per heavy atom. The Morgan fingerprint density at radius 1 is 1.05 bits per heavy atom. The first kappa shape index (κ1) is 14.0. The quantitative estimate of drug-likeness (QED) is 0.847. The van der Waals surface area contributed by atoms with Crippen LogP contribution in [-0.2, 0) is 4.74 Å². The predicted molar refractivity (Wildman–Crippen MR) is 81.5 cm³/mol. The van der Waals surface area contributed by atoms with E-state index in [-0.39, 0.29) is 6.10 Å². The van der Waals surface area contributed by atoms with E-state index in [9.17, 15) is 0 Å². The fourth-order valence-electron chi connectivity index (χ4n) is 2.42. The maximum absolute atomic E-state index is 5.55. The van der Waals surface area contributed by atoms with Crippen LogP contribution in [0.5, 0.6) is 0 Å².